The average molecular weight is 430 g/mol. The molecule has 162 valence electrons. The Hall–Kier alpha value is -4.14. The number of hydrogen-bond donors (Lipinski definition) is 1. The minimum atomic E-state index is -0.497. The van der Waals surface area contributed by atoms with Crippen molar-refractivity contribution in [2.45, 2.75) is 20.4 Å². The van der Waals surface area contributed by atoms with E-state index in [2.05, 4.69) is 15.2 Å². The largest absolute Gasteiger partial charge is 0.494 e. The Balaban J connectivity index is 1.79. The molecule has 3 heterocycles. The van der Waals surface area contributed by atoms with Crippen LogP contribution in [0.4, 0.5) is 0 Å². The highest BCUT2D eigenvalue weighted by molar-refractivity contribution is 5.80. The SMILES string of the molecule is CCOc1ccc(-c2nnc3n(Cc4ccc(C)cc4)c4c(=O)[nH]c(=O)n(C)c4n23)cc1. The number of aromatic amines is 1. The first-order valence-corrected chi connectivity index (χ1v) is 10.3. The molecule has 0 unspecified atom stereocenters. The van der Waals surface area contributed by atoms with E-state index in [0.29, 0.717) is 35.9 Å². The normalized spacial score (nSPS) is 11.5. The fourth-order valence-electron chi connectivity index (χ4n) is 3.92. The number of rotatable bonds is 5. The Morgan fingerprint density at radius 3 is 2.41 bits per heavy atom. The summed E-state index contributed by atoms with van der Waals surface area (Å²) in [6.45, 7) is 4.94. The Bertz CT molecular complexity index is 1550. The molecule has 0 radical (unpaired) electrons. The molecule has 0 aliphatic rings. The maximum absolute atomic E-state index is 12.9. The lowest BCUT2D eigenvalue weighted by atomic mass is 10.1. The molecule has 2 aromatic carbocycles. The van der Waals surface area contributed by atoms with Gasteiger partial charge >= 0.3 is 5.69 Å². The number of ether oxygens (including phenoxy) is 1. The Morgan fingerprint density at radius 2 is 1.72 bits per heavy atom. The fourth-order valence-corrected chi connectivity index (χ4v) is 3.92. The van der Waals surface area contributed by atoms with Crippen LogP contribution in [0.25, 0.3) is 28.3 Å². The number of nitrogens with zero attached hydrogens (tertiary/aromatic N) is 5. The minimum absolute atomic E-state index is 0.366. The second-order valence-electron chi connectivity index (χ2n) is 7.68. The van der Waals surface area contributed by atoms with Gasteiger partial charge in [-0.15, -0.1) is 10.2 Å². The standard InChI is InChI=1S/C23H22N6O3/c1-4-32-17-11-9-16(10-12-17)19-25-26-22-28(13-15-7-5-14(2)6-8-15)18-20(30)24-23(31)27(3)21(18)29(19)22/h5-12H,4,13H2,1-3H3,(H,24,30,31). The van der Waals surface area contributed by atoms with Crippen LogP contribution in [-0.2, 0) is 13.6 Å². The van der Waals surface area contributed by atoms with Crippen LogP contribution in [0.15, 0.2) is 58.1 Å². The molecule has 0 bridgehead atoms. The van der Waals surface area contributed by atoms with Gasteiger partial charge in [-0.2, -0.15) is 0 Å². The highest BCUT2D eigenvalue weighted by Gasteiger charge is 2.23. The average Bonchev–Trinajstić information content (AvgIpc) is 3.34. The summed E-state index contributed by atoms with van der Waals surface area (Å²) in [7, 11) is 1.62. The van der Waals surface area contributed by atoms with Gasteiger partial charge in [-0.3, -0.25) is 18.9 Å². The van der Waals surface area contributed by atoms with E-state index in [0.717, 1.165) is 22.4 Å². The first-order chi connectivity index (χ1) is 15.5. The third-order valence-electron chi connectivity index (χ3n) is 5.52. The molecule has 32 heavy (non-hydrogen) atoms. The summed E-state index contributed by atoms with van der Waals surface area (Å²) in [5, 5.41) is 8.78. The molecule has 3 aromatic heterocycles. The van der Waals surface area contributed by atoms with Gasteiger partial charge in [0.1, 0.15) is 5.75 Å². The summed E-state index contributed by atoms with van der Waals surface area (Å²) in [6, 6.07) is 15.6. The van der Waals surface area contributed by atoms with Crippen molar-refractivity contribution < 1.29 is 4.74 Å². The predicted octanol–water partition coefficient (Wildman–Crippen LogP) is 2.49. The van der Waals surface area contributed by atoms with Crippen molar-refractivity contribution in [3.8, 4) is 17.1 Å². The molecule has 0 amide bonds. The lowest BCUT2D eigenvalue weighted by Gasteiger charge is -2.06. The zero-order valence-electron chi connectivity index (χ0n) is 18.0. The van der Waals surface area contributed by atoms with Crippen LogP contribution in [0, 0.1) is 6.92 Å². The number of aryl methyl sites for hydroxylation is 2. The summed E-state index contributed by atoms with van der Waals surface area (Å²) in [4.78, 5) is 27.7. The molecular formula is C23H22N6O3. The molecule has 9 nitrogen and oxygen atoms in total. The molecule has 0 saturated heterocycles. The number of benzene rings is 2. The number of fused-ring (bicyclic) bond motifs is 3. The first kappa shape index (κ1) is 19.8. The Labute approximate surface area is 182 Å². The maximum Gasteiger partial charge on any atom is 0.329 e. The molecule has 5 rings (SSSR count). The van der Waals surface area contributed by atoms with Crippen molar-refractivity contribution in [2.75, 3.05) is 6.61 Å². The molecule has 5 aromatic rings. The van der Waals surface area contributed by atoms with Crippen LogP contribution in [0.2, 0.25) is 0 Å². The van der Waals surface area contributed by atoms with Crippen LogP contribution in [0.3, 0.4) is 0 Å². The fraction of sp³-hybridized carbons (Fsp3) is 0.217. The zero-order chi connectivity index (χ0) is 22.4. The van der Waals surface area contributed by atoms with Crippen molar-refractivity contribution in [2.24, 2.45) is 7.05 Å². The summed E-state index contributed by atoms with van der Waals surface area (Å²) in [5.74, 6) is 1.77. The highest BCUT2D eigenvalue weighted by atomic mass is 16.5. The van der Waals surface area contributed by atoms with Gasteiger partial charge < -0.3 is 4.74 Å². The zero-order valence-corrected chi connectivity index (χ0v) is 18.0. The summed E-state index contributed by atoms with van der Waals surface area (Å²) in [6.07, 6.45) is 0. The van der Waals surface area contributed by atoms with Gasteiger partial charge in [-0.05, 0) is 43.7 Å². The second-order valence-corrected chi connectivity index (χ2v) is 7.68. The lowest BCUT2D eigenvalue weighted by molar-refractivity contribution is 0.340. The van der Waals surface area contributed by atoms with Gasteiger partial charge in [0, 0.05) is 12.6 Å². The molecule has 0 fully saturated rings. The number of imidazole rings is 1. The molecule has 0 saturated carbocycles. The van der Waals surface area contributed by atoms with Gasteiger partial charge in [0.2, 0.25) is 5.78 Å². The molecule has 1 N–H and O–H groups in total. The quantitative estimate of drug-likeness (QED) is 0.462. The van der Waals surface area contributed by atoms with E-state index in [4.69, 9.17) is 4.74 Å². The molecule has 9 heteroatoms. The summed E-state index contributed by atoms with van der Waals surface area (Å²) >= 11 is 0. The van der Waals surface area contributed by atoms with Crippen molar-refractivity contribution in [1.82, 2.24) is 28.7 Å². The van der Waals surface area contributed by atoms with Gasteiger partial charge in [-0.25, -0.2) is 9.20 Å². The Morgan fingerprint density at radius 1 is 1.00 bits per heavy atom. The Kier molecular flexibility index (Phi) is 4.66. The van der Waals surface area contributed by atoms with Crippen LogP contribution in [-0.4, -0.2) is 35.3 Å². The minimum Gasteiger partial charge on any atom is -0.494 e. The predicted molar refractivity (Wildman–Crippen MR) is 121 cm³/mol. The van der Waals surface area contributed by atoms with Crippen molar-refractivity contribution >= 4 is 16.9 Å². The van der Waals surface area contributed by atoms with Crippen molar-refractivity contribution in [1.29, 1.82) is 0 Å². The highest BCUT2D eigenvalue weighted by Crippen LogP contribution is 2.26. The molecule has 0 aliphatic heterocycles. The van der Waals surface area contributed by atoms with E-state index < -0.39 is 11.2 Å². The molecular weight excluding hydrogens is 408 g/mol. The number of hydrogen-bond acceptors (Lipinski definition) is 5. The summed E-state index contributed by atoms with van der Waals surface area (Å²) in [5.41, 5.74) is 2.80. The maximum atomic E-state index is 12.9. The van der Waals surface area contributed by atoms with Crippen LogP contribution >= 0.6 is 0 Å². The number of nitrogens with one attached hydrogen (secondary N) is 1. The van der Waals surface area contributed by atoms with Crippen LogP contribution < -0.4 is 16.0 Å². The van der Waals surface area contributed by atoms with Gasteiger partial charge in [0.05, 0.1) is 13.2 Å². The van der Waals surface area contributed by atoms with E-state index in [-0.39, 0.29) is 0 Å². The van der Waals surface area contributed by atoms with Crippen molar-refractivity contribution in [3.63, 3.8) is 0 Å². The second kappa shape index (κ2) is 7.52. The van der Waals surface area contributed by atoms with E-state index >= 15 is 0 Å². The summed E-state index contributed by atoms with van der Waals surface area (Å²) < 4.78 is 10.5. The third kappa shape index (κ3) is 3.09. The number of aromatic nitrogens is 6. The van der Waals surface area contributed by atoms with Gasteiger partial charge in [0.15, 0.2) is 17.0 Å². The monoisotopic (exact) mass is 430 g/mol. The third-order valence-corrected chi connectivity index (χ3v) is 5.52. The van der Waals surface area contributed by atoms with E-state index in [1.165, 1.54) is 4.57 Å². The van der Waals surface area contributed by atoms with E-state index in [1.54, 1.807) is 16.0 Å². The smallest absolute Gasteiger partial charge is 0.329 e. The van der Waals surface area contributed by atoms with E-state index in [1.807, 2.05) is 62.4 Å². The molecule has 0 spiro atoms. The van der Waals surface area contributed by atoms with Crippen LogP contribution in [0.5, 0.6) is 5.75 Å². The van der Waals surface area contributed by atoms with Gasteiger partial charge in [-0.1, -0.05) is 29.8 Å². The first-order valence-electron chi connectivity index (χ1n) is 10.3. The molecule has 0 atom stereocenters. The van der Waals surface area contributed by atoms with Crippen LogP contribution in [0.1, 0.15) is 18.1 Å². The molecule has 0 aliphatic carbocycles. The topological polar surface area (TPSA) is 99.2 Å². The number of H-pyrrole nitrogens is 1. The van der Waals surface area contributed by atoms with E-state index in [9.17, 15) is 9.59 Å². The lowest BCUT2D eigenvalue weighted by Crippen LogP contribution is -2.29. The van der Waals surface area contributed by atoms with Gasteiger partial charge in [0.25, 0.3) is 5.56 Å². The van der Waals surface area contributed by atoms with Crippen molar-refractivity contribution in [3.05, 3.63) is 80.5 Å².